The number of nitrogen functional groups attached to an aromatic ring is 1. The third-order valence-corrected chi connectivity index (χ3v) is 3.32. The Morgan fingerprint density at radius 1 is 1.33 bits per heavy atom. The highest BCUT2D eigenvalue weighted by molar-refractivity contribution is 7.09. The average molecular weight is 264 g/mol. The van der Waals surface area contributed by atoms with E-state index in [-0.39, 0.29) is 0 Å². The number of thiazole rings is 1. The molecule has 0 amide bonds. The first-order valence-electron chi connectivity index (χ1n) is 5.71. The summed E-state index contributed by atoms with van der Waals surface area (Å²) in [5.41, 5.74) is 3.51. The van der Waals surface area contributed by atoms with E-state index in [1.165, 1.54) is 0 Å². The number of hydrogen-bond acceptors (Lipinski definition) is 7. The van der Waals surface area contributed by atoms with Gasteiger partial charge >= 0.3 is 0 Å². The number of hydrogen-bond donors (Lipinski definition) is 3. The fourth-order valence-corrected chi connectivity index (χ4v) is 2.09. The summed E-state index contributed by atoms with van der Waals surface area (Å²) in [5.74, 6) is 7.67. The summed E-state index contributed by atoms with van der Waals surface area (Å²) < 4.78 is 0. The van der Waals surface area contributed by atoms with Crippen molar-refractivity contribution in [1.82, 2.24) is 15.0 Å². The van der Waals surface area contributed by atoms with Crippen LogP contribution in [0.3, 0.4) is 0 Å². The Hall–Kier alpha value is -1.73. The Balaban J connectivity index is 2.20. The molecule has 0 saturated carbocycles. The minimum Gasteiger partial charge on any atom is -0.363 e. The van der Waals surface area contributed by atoms with Gasteiger partial charge in [-0.3, -0.25) is 0 Å². The van der Waals surface area contributed by atoms with E-state index >= 15 is 0 Å². The standard InChI is InChI=1S/C11H16N6S/c1-3-8-15-10(7(2)11(16-8)17-12)14-6-9-13-4-5-18-9/h4-5H,3,6,12H2,1-2H3,(H2,14,15,16,17). The van der Waals surface area contributed by atoms with Crippen LogP contribution < -0.4 is 16.6 Å². The van der Waals surface area contributed by atoms with Crippen molar-refractivity contribution in [3.8, 4) is 0 Å². The van der Waals surface area contributed by atoms with Crippen LogP contribution in [0.2, 0.25) is 0 Å². The van der Waals surface area contributed by atoms with Gasteiger partial charge in [0.05, 0.1) is 6.54 Å². The maximum absolute atomic E-state index is 5.46. The van der Waals surface area contributed by atoms with E-state index in [1.54, 1.807) is 17.5 Å². The van der Waals surface area contributed by atoms with E-state index in [0.717, 1.165) is 28.6 Å². The summed E-state index contributed by atoms with van der Waals surface area (Å²) in [4.78, 5) is 13.0. The maximum atomic E-state index is 5.46. The lowest BCUT2D eigenvalue weighted by Gasteiger charge is -2.12. The zero-order chi connectivity index (χ0) is 13.0. The number of rotatable bonds is 5. The molecule has 0 saturated heterocycles. The number of anilines is 2. The molecule has 0 radical (unpaired) electrons. The molecular weight excluding hydrogens is 248 g/mol. The van der Waals surface area contributed by atoms with E-state index in [1.807, 2.05) is 19.2 Å². The third kappa shape index (κ3) is 2.74. The van der Waals surface area contributed by atoms with E-state index in [2.05, 4.69) is 25.7 Å². The van der Waals surface area contributed by atoms with Gasteiger partial charge in [-0.25, -0.2) is 20.8 Å². The lowest BCUT2D eigenvalue weighted by atomic mass is 10.3. The molecule has 4 N–H and O–H groups in total. The summed E-state index contributed by atoms with van der Waals surface area (Å²) in [6, 6.07) is 0. The molecule has 0 bridgehead atoms. The third-order valence-electron chi connectivity index (χ3n) is 2.54. The van der Waals surface area contributed by atoms with Gasteiger partial charge in [0.1, 0.15) is 22.5 Å². The molecule has 0 atom stereocenters. The highest BCUT2D eigenvalue weighted by Gasteiger charge is 2.09. The molecule has 2 heterocycles. The van der Waals surface area contributed by atoms with Gasteiger partial charge in [0.15, 0.2) is 0 Å². The highest BCUT2D eigenvalue weighted by Crippen LogP contribution is 2.20. The second kappa shape index (κ2) is 5.74. The van der Waals surface area contributed by atoms with Crippen molar-refractivity contribution in [1.29, 1.82) is 0 Å². The Labute approximate surface area is 110 Å². The Morgan fingerprint density at radius 2 is 2.11 bits per heavy atom. The van der Waals surface area contributed by atoms with Crippen LogP contribution in [0.25, 0.3) is 0 Å². The van der Waals surface area contributed by atoms with Gasteiger partial charge in [0.2, 0.25) is 0 Å². The number of nitrogens with one attached hydrogen (secondary N) is 2. The second-order valence-electron chi connectivity index (χ2n) is 3.74. The highest BCUT2D eigenvalue weighted by atomic mass is 32.1. The molecule has 6 nitrogen and oxygen atoms in total. The van der Waals surface area contributed by atoms with Crippen molar-refractivity contribution in [2.24, 2.45) is 5.84 Å². The number of nitrogens with zero attached hydrogens (tertiary/aromatic N) is 3. The quantitative estimate of drug-likeness (QED) is 0.562. The van der Waals surface area contributed by atoms with E-state index < -0.39 is 0 Å². The van der Waals surface area contributed by atoms with Crippen LogP contribution in [0.1, 0.15) is 23.3 Å². The fourth-order valence-electron chi connectivity index (χ4n) is 1.53. The monoisotopic (exact) mass is 264 g/mol. The van der Waals surface area contributed by atoms with Crippen LogP contribution in [-0.4, -0.2) is 15.0 Å². The zero-order valence-corrected chi connectivity index (χ0v) is 11.2. The molecule has 2 aromatic heterocycles. The molecular formula is C11H16N6S. The van der Waals surface area contributed by atoms with Gasteiger partial charge in [-0.1, -0.05) is 6.92 Å². The molecule has 0 spiro atoms. The Kier molecular flexibility index (Phi) is 4.06. The van der Waals surface area contributed by atoms with Crippen molar-refractivity contribution in [3.63, 3.8) is 0 Å². The van der Waals surface area contributed by atoms with Gasteiger partial charge in [-0.2, -0.15) is 0 Å². The van der Waals surface area contributed by atoms with Crippen molar-refractivity contribution >= 4 is 23.0 Å². The van der Waals surface area contributed by atoms with Gasteiger partial charge in [-0.15, -0.1) is 11.3 Å². The van der Waals surface area contributed by atoms with E-state index in [0.29, 0.717) is 12.4 Å². The molecule has 0 aliphatic heterocycles. The molecule has 7 heteroatoms. The number of aromatic nitrogens is 3. The number of hydrazine groups is 1. The first-order valence-corrected chi connectivity index (χ1v) is 6.59. The molecule has 0 aliphatic carbocycles. The molecule has 18 heavy (non-hydrogen) atoms. The molecule has 0 unspecified atom stereocenters. The normalized spacial score (nSPS) is 10.4. The summed E-state index contributed by atoms with van der Waals surface area (Å²) in [6.45, 7) is 4.59. The molecule has 2 rings (SSSR count). The number of nitrogens with two attached hydrogens (primary N) is 1. The minimum absolute atomic E-state index is 0.655. The largest absolute Gasteiger partial charge is 0.363 e. The van der Waals surface area contributed by atoms with Gasteiger partial charge in [0, 0.05) is 23.6 Å². The van der Waals surface area contributed by atoms with Crippen LogP contribution >= 0.6 is 11.3 Å². The predicted molar refractivity (Wildman–Crippen MR) is 73.4 cm³/mol. The summed E-state index contributed by atoms with van der Waals surface area (Å²) in [7, 11) is 0. The van der Waals surface area contributed by atoms with Crippen LogP contribution in [0.15, 0.2) is 11.6 Å². The summed E-state index contributed by atoms with van der Waals surface area (Å²) in [6.07, 6.45) is 2.56. The first kappa shape index (κ1) is 12.7. The summed E-state index contributed by atoms with van der Waals surface area (Å²) in [5, 5.41) is 6.24. The molecule has 96 valence electrons. The smallest absolute Gasteiger partial charge is 0.148 e. The van der Waals surface area contributed by atoms with E-state index in [9.17, 15) is 0 Å². The van der Waals surface area contributed by atoms with Crippen molar-refractivity contribution in [2.75, 3.05) is 10.7 Å². The topological polar surface area (TPSA) is 88.8 Å². The summed E-state index contributed by atoms with van der Waals surface area (Å²) >= 11 is 1.61. The van der Waals surface area contributed by atoms with Gasteiger partial charge in [-0.05, 0) is 6.92 Å². The van der Waals surface area contributed by atoms with E-state index in [4.69, 9.17) is 5.84 Å². The van der Waals surface area contributed by atoms with Crippen LogP contribution in [-0.2, 0) is 13.0 Å². The van der Waals surface area contributed by atoms with Crippen LogP contribution in [0.5, 0.6) is 0 Å². The maximum Gasteiger partial charge on any atom is 0.148 e. The van der Waals surface area contributed by atoms with Crippen LogP contribution in [0, 0.1) is 6.92 Å². The van der Waals surface area contributed by atoms with Crippen LogP contribution in [0.4, 0.5) is 11.6 Å². The molecule has 0 aromatic carbocycles. The van der Waals surface area contributed by atoms with Crippen molar-refractivity contribution in [2.45, 2.75) is 26.8 Å². The van der Waals surface area contributed by atoms with Crippen molar-refractivity contribution < 1.29 is 0 Å². The average Bonchev–Trinajstić information content (AvgIpc) is 2.90. The molecule has 2 aromatic rings. The Bertz CT molecular complexity index is 511. The fraction of sp³-hybridized carbons (Fsp3) is 0.364. The van der Waals surface area contributed by atoms with Crippen molar-refractivity contribution in [3.05, 3.63) is 28.0 Å². The predicted octanol–water partition coefficient (Wildman–Crippen LogP) is 1.70. The minimum atomic E-state index is 0.655. The van der Waals surface area contributed by atoms with Gasteiger partial charge < -0.3 is 10.7 Å². The molecule has 0 aliphatic rings. The number of aryl methyl sites for hydroxylation is 1. The first-order chi connectivity index (χ1) is 8.74. The zero-order valence-electron chi connectivity index (χ0n) is 10.4. The molecule has 0 fully saturated rings. The second-order valence-corrected chi connectivity index (χ2v) is 4.72. The lowest BCUT2D eigenvalue weighted by molar-refractivity contribution is 0.920. The SMILES string of the molecule is CCc1nc(NN)c(C)c(NCc2nccs2)n1. The van der Waals surface area contributed by atoms with Gasteiger partial charge in [0.25, 0.3) is 0 Å². The Morgan fingerprint density at radius 3 is 2.72 bits per heavy atom. The lowest BCUT2D eigenvalue weighted by Crippen LogP contribution is -2.14.